The van der Waals surface area contributed by atoms with Gasteiger partial charge >= 0.3 is 39.5 Å². The first-order valence-corrected chi connectivity index (χ1v) is 43.4. The lowest BCUT2D eigenvalue weighted by molar-refractivity contribution is -0.161. The van der Waals surface area contributed by atoms with E-state index in [1.165, 1.54) is 77.0 Å². The Morgan fingerprint density at radius 3 is 0.856 bits per heavy atom. The van der Waals surface area contributed by atoms with E-state index >= 15 is 0 Å². The molecule has 17 nitrogen and oxygen atoms in total. The Morgan fingerprint density at radius 2 is 0.519 bits per heavy atom. The summed E-state index contributed by atoms with van der Waals surface area (Å²) in [4.78, 5) is 73.0. The van der Waals surface area contributed by atoms with Gasteiger partial charge in [-0.05, 0) is 154 Å². The molecule has 0 fully saturated rings. The average Bonchev–Trinajstić information content (AvgIpc) is 0.918. The Hall–Kier alpha value is -4.80. The van der Waals surface area contributed by atoms with Crippen LogP contribution in [0.4, 0.5) is 0 Å². The highest BCUT2D eigenvalue weighted by molar-refractivity contribution is 7.47. The zero-order valence-electron chi connectivity index (χ0n) is 65.2. The number of carbonyl (C=O) groups excluding carboxylic acids is 4. The number of phosphoric ester groups is 2. The number of hydrogen-bond acceptors (Lipinski definition) is 15. The Morgan fingerprint density at radius 1 is 0.279 bits per heavy atom. The SMILES string of the molecule is CC/C=C\C/C=C\C/C=C\C/C=C\C/C=C\C/C=C\CCC(=O)OC[C@H](COP(=O)(O)OC[C@@H](O)COP(=O)(O)OC[C@@H](COC(=O)CCCCCCC/C=C\CCCCCCCC)OC(=O)CCCCCCC/C=C\C/C=C\CCCCC)OC(=O)CCCCCCC/C=C\C/C=C\CCCCC. The van der Waals surface area contributed by atoms with Crippen LogP contribution in [0.5, 0.6) is 0 Å². The molecule has 104 heavy (non-hydrogen) atoms. The predicted octanol–water partition coefficient (Wildman–Crippen LogP) is 23.7. The molecule has 0 aromatic carbocycles. The molecular weight excluding hydrogens is 1350 g/mol. The quantitative estimate of drug-likeness (QED) is 0.0169. The van der Waals surface area contributed by atoms with E-state index in [1.807, 2.05) is 18.2 Å². The second kappa shape index (κ2) is 76.4. The summed E-state index contributed by atoms with van der Waals surface area (Å²) in [5.41, 5.74) is 0. The molecule has 0 aliphatic carbocycles. The summed E-state index contributed by atoms with van der Waals surface area (Å²) in [6.07, 6.45) is 85.8. The van der Waals surface area contributed by atoms with Gasteiger partial charge in [0.25, 0.3) is 0 Å². The molecule has 5 atom stereocenters. The molecular formula is C85H144O17P2. The second-order valence-corrected chi connectivity index (χ2v) is 29.5. The first kappa shape index (κ1) is 99.2. The standard InChI is InChI=1S/C85H144O17P2/c1-5-9-13-17-21-25-29-33-37-38-39-40-44-46-50-54-58-62-66-70-83(88)96-76-81(102-85(90)72-68-64-60-56-52-48-43-36-32-28-24-20-16-12-8-4)78-100-104(93,94)98-74-79(86)73-97-103(91,92)99-77-80(101-84(89)71-67-63-59-55-51-47-42-35-31-27-23-19-15-11-7-3)75-95-82(87)69-65-61-57-53-49-45-41-34-30-26-22-18-14-10-6-2/h9,13,21,23-25,27-28,33-37,39-43,46,50,58,62,79-81,86H,5-8,10-12,14-20,22,26,29-32,38,44-45,47-49,51-57,59-61,63-78H2,1-4H3,(H,91,92)(H,93,94)/b13-9-,25-21-,27-23-,28-24-,37-33-,40-39-,41-34-,42-35-,43-36-,50-46-,62-58-/t79-,80+,81+/m0/s1. The minimum atomic E-state index is -5.00. The molecule has 0 aliphatic heterocycles. The lowest BCUT2D eigenvalue weighted by Crippen LogP contribution is -2.30. The van der Waals surface area contributed by atoms with Gasteiger partial charge in [-0.25, -0.2) is 9.13 Å². The third-order valence-electron chi connectivity index (χ3n) is 16.6. The van der Waals surface area contributed by atoms with Crippen molar-refractivity contribution in [2.24, 2.45) is 0 Å². The van der Waals surface area contributed by atoms with Crippen LogP contribution in [-0.2, 0) is 65.4 Å². The van der Waals surface area contributed by atoms with Gasteiger partial charge in [-0.15, -0.1) is 0 Å². The van der Waals surface area contributed by atoms with Crippen LogP contribution in [-0.4, -0.2) is 96.7 Å². The summed E-state index contributed by atoms with van der Waals surface area (Å²) in [5, 5.41) is 10.6. The van der Waals surface area contributed by atoms with Crippen molar-refractivity contribution in [3.63, 3.8) is 0 Å². The van der Waals surface area contributed by atoms with Crippen molar-refractivity contribution in [2.45, 2.75) is 341 Å². The smallest absolute Gasteiger partial charge is 0.462 e. The van der Waals surface area contributed by atoms with Crippen molar-refractivity contribution in [2.75, 3.05) is 39.6 Å². The molecule has 0 aliphatic rings. The molecule has 0 rings (SSSR count). The van der Waals surface area contributed by atoms with E-state index in [0.717, 1.165) is 161 Å². The Kier molecular flexibility index (Phi) is 72.9. The Labute approximate surface area is 631 Å². The number of ether oxygens (including phenoxy) is 4. The molecule has 0 aromatic rings. The highest BCUT2D eigenvalue weighted by Gasteiger charge is 2.30. The number of aliphatic hydroxyl groups is 1. The number of allylic oxidation sites excluding steroid dienone is 22. The largest absolute Gasteiger partial charge is 0.472 e. The van der Waals surface area contributed by atoms with Crippen LogP contribution in [0.3, 0.4) is 0 Å². The number of aliphatic hydroxyl groups excluding tert-OH is 1. The van der Waals surface area contributed by atoms with Crippen molar-refractivity contribution in [3.05, 3.63) is 134 Å². The molecule has 0 aromatic heterocycles. The van der Waals surface area contributed by atoms with Gasteiger partial charge in [0.1, 0.15) is 19.3 Å². The van der Waals surface area contributed by atoms with Gasteiger partial charge < -0.3 is 33.8 Å². The van der Waals surface area contributed by atoms with Crippen LogP contribution in [0.25, 0.3) is 0 Å². The fourth-order valence-electron chi connectivity index (χ4n) is 10.4. The highest BCUT2D eigenvalue weighted by Crippen LogP contribution is 2.45. The minimum Gasteiger partial charge on any atom is -0.462 e. The van der Waals surface area contributed by atoms with Gasteiger partial charge in [0.2, 0.25) is 0 Å². The first-order valence-electron chi connectivity index (χ1n) is 40.4. The van der Waals surface area contributed by atoms with Gasteiger partial charge in [-0.2, -0.15) is 0 Å². The van der Waals surface area contributed by atoms with E-state index in [1.54, 1.807) is 0 Å². The molecule has 0 heterocycles. The maximum Gasteiger partial charge on any atom is 0.472 e. The molecule has 19 heteroatoms. The van der Waals surface area contributed by atoms with Gasteiger partial charge in [0, 0.05) is 25.7 Å². The Bertz CT molecular complexity index is 2490. The van der Waals surface area contributed by atoms with Gasteiger partial charge in [0.15, 0.2) is 12.2 Å². The van der Waals surface area contributed by atoms with Crippen LogP contribution in [0.1, 0.15) is 323 Å². The maximum absolute atomic E-state index is 13.1. The first-order chi connectivity index (χ1) is 50.7. The molecule has 0 saturated heterocycles. The molecule has 0 radical (unpaired) electrons. The minimum absolute atomic E-state index is 0.0298. The highest BCUT2D eigenvalue weighted by atomic mass is 31.2. The normalized spacial score (nSPS) is 14.6. The van der Waals surface area contributed by atoms with E-state index in [4.69, 9.17) is 37.0 Å². The van der Waals surface area contributed by atoms with Gasteiger partial charge in [0.05, 0.1) is 26.4 Å². The monoisotopic (exact) mass is 1500 g/mol. The van der Waals surface area contributed by atoms with Crippen LogP contribution >= 0.6 is 15.6 Å². The number of carbonyl (C=O) groups is 4. The molecule has 0 saturated carbocycles. The number of hydrogen-bond donors (Lipinski definition) is 3. The maximum atomic E-state index is 13.1. The average molecular weight is 1500 g/mol. The van der Waals surface area contributed by atoms with Crippen LogP contribution in [0.15, 0.2) is 134 Å². The zero-order valence-corrected chi connectivity index (χ0v) is 66.9. The number of rotatable bonds is 75. The second-order valence-electron chi connectivity index (χ2n) is 26.6. The summed E-state index contributed by atoms with van der Waals surface area (Å²) in [7, 11) is -9.99. The number of esters is 4. The molecule has 0 bridgehead atoms. The topological polar surface area (TPSA) is 237 Å². The van der Waals surface area contributed by atoms with E-state index in [9.17, 15) is 43.2 Å². The fraction of sp³-hybridized carbons (Fsp3) is 0.694. The van der Waals surface area contributed by atoms with Crippen molar-refractivity contribution >= 4 is 39.5 Å². The third kappa shape index (κ3) is 75.4. The van der Waals surface area contributed by atoms with Crippen molar-refractivity contribution in [3.8, 4) is 0 Å². The van der Waals surface area contributed by atoms with Crippen molar-refractivity contribution in [1.29, 1.82) is 0 Å². The summed E-state index contributed by atoms with van der Waals surface area (Å²) >= 11 is 0. The van der Waals surface area contributed by atoms with Crippen LogP contribution in [0.2, 0.25) is 0 Å². The molecule has 596 valence electrons. The summed E-state index contributed by atoms with van der Waals surface area (Å²) in [6, 6.07) is 0. The molecule has 0 amide bonds. The van der Waals surface area contributed by atoms with Crippen molar-refractivity contribution in [1.82, 2.24) is 0 Å². The molecule has 2 unspecified atom stereocenters. The lowest BCUT2D eigenvalue weighted by Gasteiger charge is -2.21. The van der Waals surface area contributed by atoms with E-state index < -0.39 is 97.5 Å². The molecule has 3 N–H and O–H groups in total. The predicted molar refractivity (Wildman–Crippen MR) is 427 cm³/mol. The van der Waals surface area contributed by atoms with Gasteiger partial charge in [-0.1, -0.05) is 277 Å². The van der Waals surface area contributed by atoms with Gasteiger partial charge in [-0.3, -0.25) is 37.3 Å². The Balaban J connectivity index is 5.45. The number of phosphoric acid groups is 2. The summed E-state index contributed by atoms with van der Waals surface area (Å²) in [5.74, 6) is -2.31. The van der Waals surface area contributed by atoms with Crippen LogP contribution < -0.4 is 0 Å². The van der Waals surface area contributed by atoms with E-state index in [2.05, 4.69) is 143 Å². The lowest BCUT2D eigenvalue weighted by atomic mass is 10.1. The molecule has 0 spiro atoms. The van der Waals surface area contributed by atoms with Crippen molar-refractivity contribution < 1.29 is 80.2 Å². The van der Waals surface area contributed by atoms with Crippen LogP contribution in [0, 0.1) is 0 Å². The zero-order chi connectivity index (χ0) is 76.0. The number of unbranched alkanes of at least 4 members (excludes halogenated alkanes) is 27. The summed E-state index contributed by atoms with van der Waals surface area (Å²) < 4.78 is 68.5. The fourth-order valence-corrected chi connectivity index (χ4v) is 12.0. The third-order valence-corrected chi connectivity index (χ3v) is 18.5. The van der Waals surface area contributed by atoms with E-state index in [0.29, 0.717) is 32.1 Å². The van der Waals surface area contributed by atoms with E-state index in [-0.39, 0.29) is 25.7 Å². The summed E-state index contributed by atoms with van der Waals surface area (Å²) in [6.45, 7) is 4.59.